The van der Waals surface area contributed by atoms with Gasteiger partial charge in [0.15, 0.2) is 0 Å². The maximum absolute atomic E-state index is 4.35. The largest absolute Gasteiger partial charge is 0.354 e. The van der Waals surface area contributed by atoms with Crippen molar-refractivity contribution in [1.29, 1.82) is 0 Å². The van der Waals surface area contributed by atoms with Crippen LogP contribution in [0.25, 0.3) is 0 Å². The summed E-state index contributed by atoms with van der Waals surface area (Å²) in [5.74, 6) is 3.45. The van der Waals surface area contributed by atoms with E-state index in [0.29, 0.717) is 0 Å². The van der Waals surface area contributed by atoms with E-state index in [1.807, 2.05) is 18.0 Å². The first-order valence-corrected chi connectivity index (χ1v) is 6.61. The summed E-state index contributed by atoms with van der Waals surface area (Å²) in [4.78, 5) is 10.8. The van der Waals surface area contributed by atoms with Crippen molar-refractivity contribution in [3.8, 4) is 0 Å². The summed E-state index contributed by atoms with van der Waals surface area (Å²) in [7, 11) is 0. The standard InChI is InChI=1S/C9H12BrN3S/c10-8-6-12-9(7-11-8)13-2-1-4-14-5-3-13/h6-7H,1-5H2. The van der Waals surface area contributed by atoms with Gasteiger partial charge in [-0.05, 0) is 28.1 Å². The van der Waals surface area contributed by atoms with Gasteiger partial charge in [0.25, 0.3) is 0 Å². The Morgan fingerprint density at radius 3 is 2.93 bits per heavy atom. The van der Waals surface area contributed by atoms with Gasteiger partial charge in [-0.3, -0.25) is 0 Å². The third-order valence-corrected chi connectivity index (χ3v) is 3.61. The Labute approximate surface area is 96.4 Å². The Hall–Kier alpha value is -0.290. The molecule has 3 nitrogen and oxygen atoms in total. The number of aromatic nitrogens is 2. The van der Waals surface area contributed by atoms with Gasteiger partial charge in [0.2, 0.25) is 0 Å². The lowest BCUT2D eigenvalue weighted by molar-refractivity contribution is 0.796. The molecule has 1 aliphatic rings. The van der Waals surface area contributed by atoms with E-state index in [1.54, 1.807) is 6.20 Å². The molecule has 0 spiro atoms. The molecule has 5 heteroatoms. The lowest BCUT2D eigenvalue weighted by Gasteiger charge is -2.20. The van der Waals surface area contributed by atoms with Crippen molar-refractivity contribution in [2.75, 3.05) is 29.5 Å². The van der Waals surface area contributed by atoms with Gasteiger partial charge in [0.05, 0.1) is 12.4 Å². The van der Waals surface area contributed by atoms with Crippen molar-refractivity contribution < 1.29 is 0 Å². The summed E-state index contributed by atoms with van der Waals surface area (Å²) in [6, 6.07) is 0. The van der Waals surface area contributed by atoms with Gasteiger partial charge in [-0.25, -0.2) is 9.97 Å². The van der Waals surface area contributed by atoms with E-state index in [0.717, 1.165) is 23.5 Å². The van der Waals surface area contributed by atoms with Gasteiger partial charge in [0.1, 0.15) is 10.4 Å². The summed E-state index contributed by atoms with van der Waals surface area (Å²) in [6.45, 7) is 2.18. The van der Waals surface area contributed by atoms with Crippen LogP contribution in [0.15, 0.2) is 17.0 Å². The smallest absolute Gasteiger partial charge is 0.147 e. The van der Waals surface area contributed by atoms with E-state index in [1.165, 1.54) is 17.9 Å². The molecule has 14 heavy (non-hydrogen) atoms. The first-order valence-electron chi connectivity index (χ1n) is 4.66. The summed E-state index contributed by atoms with van der Waals surface area (Å²) >= 11 is 5.31. The van der Waals surface area contributed by atoms with E-state index >= 15 is 0 Å². The van der Waals surface area contributed by atoms with Gasteiger partial charge in [-0.15, -0.1) is 0 Å². The molecule has 0 amide bonds. The van der Waals surface area contributed by atoms with Crippen LogP contribution in [0.3, 0.4) is 0 Å². The second kappa shape index (κ2) is 4.98. The van der Waals surface area contributed by atoms with Crippen molar-refractivity contribution in [2.45, 2.75) is 6.42 Å². The zero-order valence-electron chi connectivity index (χ0n) is 7.82. The van der Waals surface area contributed by atoms with Crippen molar-refractivity contribution in [3.63, 3.8) is 0 Å². The molecule has 2 rings (SSSR count). The molecule has 0 radical (unpaired) electrons. The number of anilines is 1. The number of thioether (sulfide) groups is 1. The van der Waals surface area contributed by atoms with E-state index in [4.69, 9.17) is 0 Å². The summed E-state index contributed by atoms with van der Waals surface area (Å²) in [5.41, 5.74) is 0. The Kier molecular flexibility index (Phi) is 3.64. The van der Waals surface area contributed by atoms with Crippen LogP contribution >= 0.6 is 27.7 Å². The Morgan fingerprint density at radius 2 is 2.14 bits per heavy atom. The second-order valence-corrected chi connectivity index (χ2v) is 5.19. The summed E-state index contributed by atoms with van der Waals surface area (Å²) in [5, 5.41) is 0. The number of rotatable bonds is 1. The molecule has 2 heterocycles. The minimum Gasteiger partial charge on any atom is -0.354 e. The first kappa shape index (κ1) is 10.2. The molecule has 1 aromatic heterocycles. The number of hydrogen-bond acceptors (Lipinski definition) is 4. The third-order valence-electron chi connectivity index (χ3n) is 2.15. The van der Waals surface area contributed by atoms with Crippen LogP contribution in [-0.4, -0.2) is 34.6 Å². The number of nitrogens with zero attached hydrogens (tertiary/aromatic N) is 3. The zero-order chi connectivity index (χ0) is 9.80. The van der Waals surface area contributed by atoms with Gasteiger partial charge in [0, 0.05) is 18.8 Å². The first-order chi connectivity index (χ1) is 6.86. The molecule has 1 fully saturated rings. The van der Waals surface area contributed by atoms with Gasteiger partial charge in [-0.2, -0.15) is 11.8 Å². The fourth-order valence-electron chi connectivity index (χ4n) is 1.44. The maximum Gasteiger partial charge on any atom is 0.147 e. The van der Waals surface area contributed by atoms with Crippen LogP contribution in [0, 0.1) is 0 Å². The predicted molar refractivity (Wildman–Crippen MR) is 63.9 cm³/mol. The minimum absolute atomic E-state index is 0.797. The molecule has 1 aromatic rings. The maximum atomic E-state index is 4.35. The predicted octanol–water partition coefficient (Wildman–Crippen LogP) is 2.18. The molecular formula is C9H12BrN3S. The van der Waals surface area contributed by atoms with Gasteiger partial charge >= 0.3 is 0 Å². The van der Waals surface area contributed by atoms with Crippen molar-refractivity contribution in [1.82, 2.24) is 9.97 Å². The van der Waals surface area contributed by atoms with Crippen LogP contribution in [0.4, 0.5) is 5.82 Å². The highest BCUT2D eigenvalue weighted by Gasteiger charge is 2.10. The monoisotopic (exact) mass is 273 g/mol. The van der Waals surface area contributed by atoms with Crippen LogP contribution in [-0.2, 0) is 0 Å². The minimum atomic E-state index is 0.797. The van der Waals surface area contributed by atoms with Crippen molar-refractivity contribution in [3.05, 3.63) is 17.0 Å². The Balaban J connectivity index is 2.08. The van der Waals surface area contributed by atoms with E-state index in [2.05, 4.69) is 30.8 Å². The Morgan fingerprint density at radius 1 is 1.21 bits per heavy atom. The summed E-state index contributed by atoms with van der Waals surface area (Å²) < 4.78 is 0.797. The van der Waals surface area contributed by atoms with Gasteiger partial charge in [-0.1, -0.05) is 0 Å². The van der Waals surface area contributed by atoms with E-state index < -0.39 is 0 Å². The average Bonchev–Trinajstić information content (AvgIpc) is 2.47. The highest BCUT2D eigenvalue weighted by atomic mass is 79.9. The normalized spacial score (nSPS) is 17.9. The van der Waals surface area contributed by atoms with Crippen LogP contribution in [0.1, 0.15) is 6.42 Å². The lowest BCUT2D eigenvalue weighted by Crippen LogP contribution is -2.26. The SMILES string of the molecule is Brc1cnc(N2CCCSCC2)cn1. The molecule has 0 bridgehead atoms. The highest BCUT2D eigenvalue weighted by molar-refractivity contribution is 9.10. The molecule has 0 N–H and O–H groups in total. The average molecular weight is 274 g/mol. The molecule has 0 aromatic carbocycles. The highest BCUT2D eigenvalue weighted by Crippen LogP contribution is 2.16. The van der Waals surface area contributed by atoms with E-state index in [9.17, 15) is 0 Å². The zero-order valence-corrected chi connectivity index (χ0v) is 10.2. The molecule has 1 saturated heterocycles. The fourth-order valence-corrected chi connectivity index (χ4v) is 2.54. The molecular weight excluding hydrogens is 262 g/mol. The fraction of sp³-hybridized carbons (Fsp3) is 0.556. The van der Waals surface area contributed by atoms with Crippen LogP contribution < -0.4 is 4.90 Å². The Bertz CT molecular complexity index is 283. The summed E-state index contributed by atoms with van der Waals surface area (Å²) in [6.07, 6.45) is 4.83. The topological polar surface area (TPSA) is 29.0 Å². The number of halogens is 1. The third kappa shape index (κ3) is 2.60. The quantitative estimate of drug-likeness (QED) is 0.785. The lowest BCUT2D eigenvalue weighted by atomic mass is 10.4. The molecule has 1 aliphatic heterocycles. The van der Waals surface area contributed by atoms with Gasteiger partial charge < -0.3 is 4.90 Å². The van der Waals surface area contributed by atoms with Crippen molar-refractivity contribution in [2.24, 2.45) is 0 Å². The molecule has 76 valence electrons. The van der Waals surface area contributed by atoms with Crippen molar-refractivity contribution >= 4 is 33.5 Å². The number of hydrogen-bond donors (Lipinski definition) is 0. The second-order valence-electron chi connectivity index (χ2n) is 3.15. The van der Waals surface area contributed by atoms with E-state index in [-0.39, 0.29) is 0 Å². The molecule has 0 saturated carbocycles. The molecule has 0 aliphatic carbocycles. The van der Waals surface area contributed by atoms with Crippen LogP contribution in [0.2, 0.25) is 0 Å². The van der Waals surface area contributed by atoms with Crippen LogP contribution in [0.5, 0.6) is 0 Å². The molecule has 0 unspecified atom stereocenters. The molecule has 0 atom stereocenters.